The van der Waals surface area contributed by atoms with Crippen molar-refractivity contribution >= 4 is 34.4 Å². The molecule has 0 aromatic rings. The van der Waals surface area contributed by atoms with E-state index in [1.54, 1.807) is 6.92 Å². The zero-order valence-electron chi connectivity index (χ0n) is 11.8. The Bertz CT molecular complexity index is 509. The molecule has 3 nitrogen and oxygen atoms in total. The molecule has 1 fully saturated rings. The Morgan fingerprint density at radius 3 is 2.60 bits per heavy atom. The van der Waals surface area contributed by atoms with Crippen molar-refractivity contribution in [2.75, 3.05) is 11.0 Å². The van der Waals surface area contributed by atoms with E-state index in [-0.39, 0.29) is 11.8 Å². The molecule has 3 aliphatic rings. The quantitative estimate of drug-likeness (QED) is 0.316. The molecule has 1 saturated carbocycles. The number of hydrogen-bond acceptors (Lipinski definition) is 2. The van der Waals surface area contributed by atoms with Crippen LogP contribution in [0.4, 0.5) is 0 Å². The normalized spacial score (nSPS) is 32.1. The summed E-state index contributed by atoms with van der Waals surface area (Å²) in [5, 5.41) is 0. The summed E-state index contributed by atoms with van der Waals surface area (Å²) in [6.45, 7) is 2.36. The molecule has 108 valence electrons. The lowest BCUT2D eigenvalue weighted by atomic mass is 9.89. The zero-order chi connectivity index (χ0) is 14.3. The monoisotopic (exact) mass is 385 g/mol. The molecule has 0 aromatic carbocycles. The molecule has 20 heavy (non-hydrogen) atoms. The number of carbonyl (C=O) groups is 2. The van der Waals surface area contributed by atoms with Crippen LogP contribution in [0.15, 0.2) is 23.3 Å². The molecule has 0 saturated heterocycles. The van der Waals surface area contributed by atoms with Crippen molar-refractivity contribution in [3.63, 3.8) is 0 Å². The largest absolute Gasteiger partial charge is 0.275 e. The maximum Gasteiger partial charge on any atom is 0.257 e. The summed E-state index contributed by atoms with van der Waals surface area (Å²) in [5.41, 5.74) is 1.34. The van der Waals surface area contributed by atoms with Crippen molar-refractivity contribution in [3.8, 4) is 0 Å². The molecule has 0 aromatic heterocycles. The second-order valence-electron chi connectivity index (χ2n) is 6.18. The van der Waals surface area contributed by atoms with Crippen LogP contribution in [0.1, 0.15) is 32.6 Å². The van der Waals surface area contributed by atoms with E-state index in [0.29, 0.717) is 22.1 Å². The smallest absolute Gasteiger partial charge is 0.257 e. The Morgan fingerprint density at radius 1 is 1.25 bits per heavy atom. The molecule has 2 bridgehead atoms. The van der Waals surface area contributed by atoms with Crippen LogP contribution in [-0.4, -0.2) is 27.7 Å². The van der Waals surface area contributed by atoms with Crippen molar-refractivity contribution in [1.29, 1.82) is 0 Å². The van der Waals surface area contributed by atoms with Crippen LogP contribution >= 0.6 is 22.6 Å². The summed E-state index contributed by atoms with van der Waals surface area (Å²) in [4.78, 5) is 25.7. The van der Waals surface area contributed by atoms with Gasteiger partial charge in [-0.25, -0.2) is 0 Å². The number of hydrogen-bond donors (Lipinski definition) is 0. The van der Waals surface area contributed by atoms with Gasteiger partial charge in [-0.3, -0.25) is 14.5 Å². The van der Waals surface area contributed by atoms with E-state index < -0.39 is 0 Å². The Balaban J connectivity index is 1.51. The summed E-state index contributed by atoms with van der Waals surface area (Å²) in [6, 6.07) is 0. The molecule has 3 rings (SSSR count). The minimum atomic E-state index is -0.0745. The number of allylic oxidation sites excluding steroid dienone is 2. The van der Waals surface area contributed by atoms with Gasteiger partial charge in [0.25, 0.3) is 11.8 Å². The van der Waals surface area contributed by atoms with Crippen LogP contribution in [0.25, 0.3) is 0 Å². The standard InChI is InChI=1S/C16H20INO2/c1-10-14(9-17)16(20)18(15(10)19)6-2-3-12-7-11-4-5-13(12)8-11/h4-5,11-13H,2-3,6-9H2,1H3. The molecule has 4 heteroatoms. The van der Waals surface area contributed by atoms with Gasteiger partial charge >= 0.3 is 0 Å². The van der Waals surface area contributed by atoms with Crippen molar-refractivity contribution in [2.45, 2.75) is 32.6 Å². The molecular formula is C16H20INO2. The van der Waals surface area contributed by atoms with E-state index in [0.717, 1.165) is 30.6 Å². The fraction of sp³-hybridized carbons (Fsp3) is 0.625. The number of rotatable bonds is 5. The highest BCUT2D eigenvalue weighted by Crippen LogP contribution is 2.45. The van der Waals surface area contributed by atoms with E-state index in [1.165, 1.54) is 17.7 Å². The van der Waals surface area contributed by atoms with Gasteiger partial charge in [-0.1, -0.05) is 34.7 Å². The van der Waals surface area contributed by atoms with Gasteiger partial charge in [0.2, 0.25) is 0 Å². The van der Waals surface area contributed by atoms with Gasteiger partial charge < -0.3 is 0 Å². The summed E-state index contributed by atoms with van der Waals surface area (Å²) in [6.07, 6.45) is 9.44. The summed E-state index contributed by atoms with van der Waals surface area (Å²) >= 11 is 2.16. The fourth-order valence-electron chi connectivity index (χ4n) is 3.85. The van der Waals surface area contributed by atoms with Crippen LogP contribution < -0.4 is 0 Å². The van der Waals surface area contributed by atoms with E-state index in [2.05, 4.69) is 34.7 Å². The van der Waals surface area contributed by atoms with Crippen LogP contribution in [0, 0.1) is 17.8 Å². The minimum absolute atomic E-state index is 0.0604. The SMILES string of the molecule is CC1=C(CI)C(=O)N(CCCC2CC3C=CC2C3)C1=O. The van der Waals surface area contributed by atoms with Crippen LogP contribution in [0.5, 0.6) is 0 Å². The molecule has 0 radical (unpaired) electrons. The molecule has 2 aliphatic carbocycles. The highest BCUT2D eigenvalue weighted by molar-refractivity contribution is 14.1. The molecule has 2 amide bonds. The highest BCUT2D eigenvalue weighted by atomic mass is 127. The summed E-state index contributed by atoms with van der Waals surface area (Å²) < 4.78 is 0.627. The maximum absolute atomic E-state index is 12.1. The number of imide groups is 1. The molecule has 3 unspecified atom stereocenters. The molecule has 1 aliphatic heterocycles. The van der Waals surface area contributed by atoms with Gasteiger partial charge in [-0.15, -0.1) is 0 Å². The van der Waals surface area contributed by atoms with Gasteiger partial charge in [-0.05, 0) is 50.4 Å². The van der Waals surface area contributed by atoms with E-state index >= 15 is 0 Å². The van der Waals surface area contributed by atoms with Crippen LogP contribution in [0.3, 0.4) is 0 Å². The molecule has 0 N–H and O–H groups in total. The van der Waals surface area contributed by atoms with Crippen molar-refractivity contribution in [2.24, 2.45) is 17.8 Å². The average molecular weight is 385 g/mol. The molecular weight excluding hydrogens is 365 g/mol. The van der Waals surface area contributed by atoms with Crippen molar-refractivity contribution in [1.82, 2.24) is 4.90 Å². The predicted molar refractivity (Wildman–Crippen MR) is 86.4 cm³/mol. The van der Waals surface area contributed by atoms with E-state index in [1.807, 2.05) is 0 Å². The third kappa shape index (κ3) is 2.36. The number of carbonyl (C=O) groups excluding carboxylic acids is 2. The van der Waals surface area contributed by atoms with Gasteiger partial charge in [0.05, 0.1) is 0 Å². The Morgan fingerprint density at radius 2 is 2.05 bits per heavy atom. The second kappa shape index (κ2) is 5.62. The number of amides is 2. The molecule has 1 heterocycles. The lowest BCUT2D eigenvalue weighted by Gasteiger charge is -2.20. The number of halogens is 1. The Labute approximate surface area is 133 Å². The predicted octanol–water partition coefficient (Wildman–Crippen LogP) is 3.10. The highest BCUT2D eigenvalue weighted by Gasteiger charge is 2.37. The van der Waals surface area contributed by atoms with E-state index in [4.69, 9.17) is 0 Å². The Hall–Kier alpha value is -0.650. The van der Waals surface area contributed by atoms with Gasteiger partial charge in [-0.2, -0.15) is 0 Å². The third-order valence-electron chi connectivity index (χ3n) is 5.03. The Kier molecular flexibility index (Phi) is 4.02. The third-order valence-corrected chi connectivity index (χ3v) is 5.79. The first-order valence-corrected chi connectivity index (χ1v) is 8.94. The molecule has 0 spiro atoms. The maximum atomic E-state index is 12.1. The number of alkyl halides is 1. The van der Waals surface area contributed by atoms with Crippen molar-refractivity contribution in [3.05, 3.63) is 23.3 Å². The zero-order valence-corrected chi connectivity index (χ0v) is 13.9. The topological polar surface area (TPSA) is 37.4 Å². The van der Waals surface area contributed by atoms with Gasteiger partial charge in [0.1, 0.15) is 0 Å². The first-order chi connectivity index (χ1) is 9.61. The van der Waals surface area contributed by atoms with E-state index in [9.17, 15) is 9.59 Å². The van der Waals surface area contributed by atoms with Crippen LogP contribution in [-0.2, 0) is 9.59 Å². The fourth-order valence-corrected chi connectivity index (χ4v) is 4.74. The van der Waals surface area contributed by atoms with Gasteiger partial charge in [0, 0.05) is 22.1 Å². The first kappa shape index (κ1) is 14.3. The molecule has 3 atom stereocenters. The van der Waals surface area contributed by atoms with Crippen molar-refractivity contribution < 1.29 is 9.59 Å². The summed E-state index contributed by atoms with van der Waals surface area (Å²) in [7, 11) is 0. The van der Waals surface area contributed by atoms with Gasteiger partial charge in [0.15, 0.2) is 0 Å². The lowest BCUT2D eigenvalue weighted by molar-refractivity contribution is -0.137. The van der Waals surface area contributed by atoms with Crippen LogP contribution in [0.2, 0.25) is 0 Å². The first-order valence-electron chi connectivity index (χ1n) is 7.42. The average Bonchev–Trinajstić information content (AvgIpc) is 3.09. The second-order valence-corrected chi connectivity index (χ2v) is 6.94. The number of nitrogens with zero attached hydrogens (tertiary/aromatic N) is 1. The summed E-state index contributed by atoms with van der Waals surface area (Å²) in [5.74, 6) is 2.20. The number of fused-ring (bicyclic) bond motifs is 2. The minimum Gasteiger partial charge on any atom is -0.275 e. The lowest BCUT2D eigenvalue weighted by Crippen LogP contribution is -2.33.